The lowest BCUT2D eigenvalue weighted by molar-refractivity contribution is -0.243. The molecule has 1 rings (SSSR count). The van der Waals surface area contributed by atoms with Crippen molar-refractivity contribution < 1.29 is 19.7 Å². The van der Waals surface area contributed by atoms with Gasteiger partial charge in [0.05, 0.1) is 0 Å². The molecule has 0 radical (unpaired) electrons. The number of rotatable bonds is 5. The van der Waals surface area contributed by atoms with Crippen molar-refractivity contribution in [3.63, 3.8) is 0 Å². The molecule has 94 valence electrons. The molecule has 2 N–H and O–H groups in total. The summed E-state index contributed by atoms with van der Waals surface area (Å²) in [5.74, 6) is -3.18. The van der Waals surface area contributed by atoms with Crippen LogP contribution in [-0.4, -0.2) is 27.6 Å². The predicted octanol–water partition coefficient (Wildman–Crippen LogP) is 1.73. The number of carbonyl (C=O) groups is 1. The third-order valence-corrected chi connectivity index (χ3v) is 3.23. The predicted molar refractivity (Wildman–Crippen MR) is 59.7 cm³/mol. The summed E-state index contributed by atoms with van der Waals surface area (Å²) >= 11 is 0. The normalized spacial score (nSPS) is 28.9. The van der Waals surface area contributed by atoms with E-state index in [0.29, 0.717) is 6.42 Å². The van der Waals surface area contributed by atoms with Crippen LogP contribution in [0.5, 0.6) is 0 Å². The quantitative estimate of drug-likeness (QED) is 0.429. The first-order valence-electron chi connectivity index (χ1n) is 6.08. The Bertz CT molecular complexity index is 249. The number of unbranched alkanes of at least 4 members (excludes halogenated alkanes) is 3. The van der Waals surface area contributed by atoms with E-state index in [2.05, 4.69) is 6.92 Å². The summed E-state index contributed by atoms with van der Waals surface area (Å²) in [7, 11) is 0. The van der Waals surface area contributed by atoms with Gasteiger partial charge in [-0.25, -0.2) is 4.79 Å². The van der Waals surface area contributed by atoms with Crippen LogP contribution < -0.4 is 0 Å². The molecule has 1 atom stereocenters. The van der Waals surface area contributed by atoms with Crippen molar-refractivity contribution in [1.29, 1.82) is 0 Å². The Labute approximate surface area is 96.6 Å². The number of hydrogen-bond acceptors (Lipinski definition) is 4. The maximum Gasteiger partial charge on any atom is 0.366 e. The number of carbonyl (C=O) groups excluding carboxylic acids is 1. The van der Waals surface area contributed by atoms with E-state index in [1.54, 1.807) is 0 Å². The number of hydrogen-bond donors (Lipinski definition) is 2. The lowest BCUT2D eigenvalue weighted by atomic mass is 9.88. The first-order chi connectivity index (χ1) is 7.40. The largest absolute Gasteiger partial charge is 0.455 e. The van der Waals surface area contributed by atoms with Crippen LogP contribution in [0.3, 0.4) is 0 Å². The fourth-order valence-electron chi connectivity index (χ4n) is 2.00. The van der Waals surface area contributed by atoms with Gasteiger partial charge in [-0.1, -0.05) is 26.2 Å². The molecule has 1 fully saturated rings. The van der Waals surface area contributed by atoms with Gasteiger partial charge in [0, 0.05) is 6.42 Å². The maximum atomic E-state index is 11.3. The van der Waals surface area contributed by atoms with Gasteiger partial charge in [0.15, 0.2) is 0 Å². The number of ether oxygens (including phenoxy) is 1. The Hall–Kier alpha value is -0.610. The van der Waals surface area contributed by atoms with E-state index >= 15 is 0 Å². The van der Waals surface area contributed by atoms with Crippen LogP contribution in [-0.2, 0) is 9.53 Å². The topological polar surface area (TPSA) is 66.8 Å². The summed E-state index contributed by atoms with van der Waals surface area (Å²) in [4.78, 5) is 11.3. The molecule has 0 aliphatic carbocycles. The fraction of sp³-hybridized carbons (Fsp3) is 0.917. The van der Waals surface area contributed by atoms with E-state index in [9.17, 15) is 15.0 Å². The van der Waals surface area contributed by atoms with Crippen molar-refractivity contribution >= 4 is 5.97 Å². The molecule has 4 nitrogen and oxygen atoms in total. The van der Waals surface area contributed by atoms with Gasteiger partial charge in [0.2, 0.25) is 0 Å². The molecule has 1 unspecified atom stereocenters. The zero-order valence-corrected chi connectivity index (χ0v) is 10.2. The van der Waals surface area contributed by atoms with E-state index in [-0.39, 0.29) is 6.42 Å². The summed E-state index contributed by atoms with van der Waals surface area (Å²) in [6.45, 7) is 4.01. The summed E-state index contributed by atoms with van der Waals surface area (Å²) in [5.41, 5.74) is -0.514. The van der Waals surface area contributed by atoms with Crippen LogP contribution in [0.25, 0.3) is 0 Å². The second kappa shape index (κ2) is 5.15. The maximum absolute atomic E-state index is 11.3. The van der Waals surface area contributed by atoms with Crippen LogP contribution in [0.15, 0.2) is 0 Å². The third-order valence-electron chi connectivity index (χ3n) is 3.23. The summed E-state index contributed by atoms with van der Waals surface area (Å²) < 4.78 is 5.13. The Morgan fingerprint density at radius 1 is 1.25 bits per heavy atom. The SMILES string of the molecule is CCCCCCC1(C)CCC(O)(O)C(=O)O1. The highest BCUT2D eigenvalue weighted by Gasteiger charge is 2.46. The van der Waals surface area contributed by atoms with Crippen molar-refractivity contribution in [3.8, 4) is 0 Å². The van der Waals surface area contributed by atoms with Crippen LogP contribution >= 0.6 is 0 Å². The minimum Gasteiger partial charge on any atom is -0.455 e. The van der Waals surface area contributed by atoms with Crippen LogP contribution in [0.1, 0.15) is 58.8 Å². The zero-order valence-electron chi connectivity index (χ0n) is 10.2. The van der Waals surface area contributed by atoms with Gasteiger partial charge < -0.3 is 14.9 Å². The van der Waals surface area contributed by atoms with E-state index in [0.717, 1.165) is 19.3 Å². The molecule has 16 heavy (non-hydrogen) atoms. The molecule has 0 bridgehead atoms. The second-order valence-electron chi connectivity index (χ2n) is 4.97. The number of aliphatic hydroxyl groups is 2. The van der Waals surface area contributed by atoms with Crippen LogP contribution in [0.2, 0.25) is 0 Å². The smallest absolute Gasteiger partial charge is 0.366 e. The van der Waals surface area contributed by atoms with E-state index in [1.165, 1.54) is 12.8 Å². The van der Waals surface area contributed by atoms with E-state index in [4.69, 9.17) is 4.74 Å². The number of esters is 1. The fourth-order valence-corrected chi connectivity index (χ4v) is 2.00. The molecule has 0 amide bonds. The van der Waals surface area contributed by atoms with Gasteiger partial charge in [-0.15, -0.1) is 0 Å². The van der Waals surface area contributed by atoms with Crippen molar-refractivity contribution in [2.24, 2.45) is 0 Å². The summed E-state index contributed by atoms with van der Waals surface area (Å²) in [5, 5.41) is 18.5. The van der Waals surface area contributed by atoms with Crippen LogP contribution in [0, 0.1) is 0 Å². The first-order valence-corrected chi connectivity index (χ1v) is 6.08. The Kier molecular flexibility index (Phi) is 4.33. The minimum absolute atomic E-state index is 0.0656. The lowest BCUT2D eigenvalue weighted by Crippen LogP contribution is -2.51. The molecule has 1 heterocycles. The lowest BCUT2D eigenvalue weighted by Gasteiger charge is -2.38. The summed E-state index contributed by atoms with van der Waals surface area (Å²) in [6.07, 6.45) is 5.89. The minimum atomic E-state index is -2.27. The Morgan fingerprint density at radius 2 is 1.94 bits per heavy atom. The van der Waals surface area contributed by atoms with E-state index in [1.807, 2.05) is 6.92 Å². The molecule has 1 saturated heterocycles. The molecule has 1 aliphatic heterocycles. The van der Waals surface area contributed by atoms with Gasteiger partial charge in [-0.05, 0) is 26.2 Å². The molecule has 0 aromatic carbocycles. The van der Waals surface area contributed by atoms with Gasteiger partial charge in [-0.2, -0.15) is 0 Å². The van der Waals surface area contributed by atoms with Crippen molar-refractivity contribution in [1.82, 2.24) is 0 Å². The highest BCUT2D eigenvalue weighted by atomic mass is 16.6. The average molecular weight is 230 g/mol. The van der Waals surface area contributed by atoms with Gasteiger partial charge in [0.25, 0.3) is 5.79 Å². The molecule has 0 saturated carbocycles. The van der Waals surface area contributed by atoms with Crippen molar-refractivity contribution in [2.75, 3.05) is 0 Å². The molecular formula is C12H22O4. The van der Waals surface area contributed by atoms with Gasteiger partial charge in [-0.3, -0.25) is 0 Å². The standard InChI is InChI=1S/C12H22O4/c1-3-4-5-6-7-11(2)8-9-12(14,15)10(13)16-11/h14-15H,3-9H2,1-2H3. The van der Waals surface area contributed by atoms with E-state index < -0.39 is 17.4 Å². The average Bonchev–Trinajstić information content (AvgIpc) is 2.21. The molecule has 0 aromatic heterocycles. The number of cyclic esters (lactones) is 1. The van der Waals surface area contributed by atoms with Gasteiger partial charge >= 0.3 is 5.97 Å². The van der Waals surface area contributed by atoms with Crippen molar-refractivity contribution in [3.05, 3.63) is 0 Å². The highest BCUT2D eigenvalue weighted by molar-refractivity contribution is 5.78. The Balaban J connectivity index is 2.39. The molecule has 0 aromatic rings. The summed E-state index contributed by atoms with van der Waals surface area (Å²) in [6, 6.07) is 0. The first kappa shape index (κ1) is 13.5. The second-order valence-corrected chi connectivity index (χ2v) is 4.97. The molecule has 4 heteroatoms. The monoisotopic (exact) mass is 230 g/mol. The highest BCUT2D eigenvalue weighted by Crippen LogP contribution is 2.33. The molecule has 0 spiro atoms. The Morgan fingerprint density at radius 3 is 2.50 bits per heavy atom. The molecule has 1 aliphatic rings. The molecular weight excluding hydrogens is 208 g/mol. The van der Waals surface area contributed by atoms with Crippen molar-refractivity contribution in [2.45, 2.75) is 70.2 Å². The zero-order chi connectivity index (χ0) is 12.2. The van der Waals surface area contributed by atoms with Gasteiger partial charge in [0.1, 0.15) is 5.60 Å². The third kappa shape index (κ3) is 3.46. The van der Waals surface area contributed by atoms with Crippen LogP contribution in [0.4, 0.5) is 0 Å².